The summed E-state index contributed by atoms with van der Waals surface area (Å²) < 4.78 is 0. The predicted octanol–water partition coefficient (Wildman–Crippen LogP) is 6.20. The molecule has 1 fully saturated rings. The molecule has 0 amide bonds. The molecule has 0 spiro atoms. The van der Waals surface area contributed by atoms with E-state index in [4.69, 9.17) is 28.2 Å². The van der Waals surface area contributed by atoms with Crippen LogP contribution in [0.5, 0.6) is 0 Å². The van der Waals surface area contributed by atoms with E-state index in [0.29, 0.717) is 10.0 Å². The van der Waals surface area contributed by atoms with Gasteiger partial charge in [-0.25, -0.2) is 0 Å². The Balaban J connectivity index is 1.70. The third-order valence-corrected chi connectivity index (χ3v) is 7.55. The number of fused-ring (bicyclic) bond motifs is 1. The minimum absolute atomic E-state index is 0.00795. The first-order valence-corrected chi connectivity index (χ1v) is 10.5. The maximum Gasteiger partial charge on any atom is 0.168 e. The van der Waals surface area contributed by atoms with Crippen molar-refractivity contribution in [3.63, 3.8) is 0 Å². The molecule has 0 saturated heterocycles. The molecule has 0 aromatic heterocycles. The van der Waals surface area contributed by atoms with Crippen molar-refractivity contribution in [3.05, 3.63) is 75.4 Å². The van der Waals surface area contributed by atoms with Crippen LogP contribution in [0.2, 0.25) is 10.0 Å². The number of allylic oxidation sites excluding steroid dienone is 1. The van der Waals surface area contributed by atoms with Crippen LogP contribution in [0.25, 0.3) is 4.91 Å². The van der Waals surface area contributed by atoms with Crippen molar-refractivity contribution in [3.8, 4) is 0 Å². The van der Waals surface area contributed by atoms with Crippen LogP contribution in [0.15, 0.2) is 59.2 Å². The van der Waals surface area contributed by atoms with E-state index in [1.54, 1.807) is 0 Å². The van der Waals surface area contributed by atoms with Gasteiger partial charge in [0.25, 0.3) is 0 Å². The molecule has 5 heteroatoms. The third kappa shape index (κ3) is 2.45. The molecule has 5 rings (SSSR count). The van der Waals surface area contributed by atoms with Crippen LogP contribution in [0.4, 0.5) is 0 Å². The molecule has 2 heterocycles. The number of thioether (sulfide) groups is 1. The summed E-state index contributed by atoms with van der Waals surface area (Å²) in [5.41, 5.74) is 3.97. The molecule has 2 aromatic rings. The number of hydrogen-bond acceptors (Lipinski definition) is 3. The first-order valence-electron chi connectivity index (χ1n) is 8.95. The van der Waals surface area contributed by atoms with Gasteiger partial charge < -0.3 is 4.90 Å². The second kappa shape index (κ2) is 6.33. The van der Waals surface area contributed by atoms with Gasteiger partial charge in [-0.3, -0.25) is 4.99 Å². The minimum atomic E-state index is 0.00795. The summed E-state index contributed by atoms with van der Waals surface area (Å²) in [6.45, 7) is 1.85. The van der Waals surface area contributed by atoms with Crippen LogP contribution in [0, 0.1) is 0 Å². The number of aliphatic imine (C=N–C) groups is 1. The van der Waals surface area contributed by atoms with Crippen molar-refractivity contribution in [1.82, 2.24) is 4.90 Å². The lowest BCUT2D eigenvalue weighted by Crippen LogP contribution is -2.43. The highest BCUT2D eigenvalue weighted by Gasteiger charge is 2.50. The first-order chi connectivity index (χ1) is 12.7. The maximum absolute atomic E-state index is 6.38. The minimum Gasteiger partial charge on any atom is -0.321 e. The van der Waals surface area contributed by atoms with Crippen molar-refractivity contribution in [2.75, 3.05) is 13.1 Å². The fourth-order valence-corrected chi connectivity index (χ4v) is 5.82. The van der Waals surface area contributed by atoms with Crippen molar-refractivity contribution < 1.29 is 0 Å². The van der Waals surface area contributed by atoms with Crippen molar-refractivity contribution in [1.29, 1.82) is 0 Å². The van der Waals surface area contributed by atoms with Gasteiger partial charge in [0.2, 0.25) is 0 Å². The van der Waals surface area contributed by atoms with Gasteiger partial charge in [-0.15, -0.1) is 0 Å². The molecule has 1 aliphatic carbocycles. The lowest BCUT2D eigenvalue weighted by molar-refractivity contribution is 0.254. The Morgan fingerprint density at radius 2 is 1.81 bits per heavy atom. The number of hydrogen-bond donors (Lipinski definition) is 0. The Labute approximate surface area is 167 Å². The van der Waals surface area contributed by atoms with E-state index in [2.05, 4.69) is 47.4 Å². The molecule has 2 aromatic carbocycles. The average Bonchev–Trinajstić information content (AvgIpc) is 3.20. The van der Waals surface area contributed by atoms with Gasteiger partial charge in [0, 0.05) is 22.6 Å². The van der Waals surface area contributed by atoms with Crippen LogP contribution in [-0.2, 0) is 5.41 Å². The van der Waals surface area contributed by atoms with E-state index >= 15 is 0 Å². The van der Waals surface area contributed by atoms with E-state index < -0.39 is 0 Å². The van der Waals surface area contributed by atoms with Crippen LogP contribution in [0.3, 0.4) is 0 Å². The summed E-state index contributed by atoms with van der Waals surface area (Å²) in [5.74, 6) is 0. The first kappa shape index (κ1) is 16.7. The van der Waals surface area contributed by atoms with Crippen molar-refractivity contribution in [2.24, 2.45) is 4.99 Å². The van der Waals surface area contributed by atoms with Gasteiger partial charge in [0.15, 0.2) is 5.17 Å². The molecule has 26 heavy (non-hydrogen) atoms. The zero-order chi connectivity index (χ0) is 17.7. The number of halogens is 2. The molecule has 2 aliphatic heterocycles. The van der Waals surface area contributed by atoms with Gasteiger partial charge in [-0.2, -0.15) is 0 Å². The summed E-state index contributed by atoms with van der Waals surface area (Å²) >= 11 is 14.4. The summed E-state index contributed by atoms with van der Waals surface area (Å²) in [5, 5.41) is 2.40. The van der Waals surface area contributed by atoms with Crippen molar-refractivity contribution in [2.45, 2.75) is 24.7 Å². The fraction of sp³-hybridized carbons (Fsp3) is 0.286. The maximum atomic E-state index is 6.38. The molecule has 3 aliphatic rings. The highest BCUT2D eigenvalue weighted by molar-refractivity contribution is 8.22. The van der Waals surface area contributed by atoms with E-state index in [-0.39, 0.29) is 5.41 Å². The Bertz CT molecular complexity index is 932. The summed E-state index contributed by atoms with van der Waals surface area (Å²) in [6.07, 6.45) is 3.51. The molecule has 0 bridgehead atoms. The van der Waals surface area contributed by atoms with Gasteiger partial charge in [-0.05, 0) is 47.9 Å². The monoisotopic (exact) mass is 400 g/mol. The van der Waals surface area contributed by atoms with Gasteiger partial charge >= 0.3 is 0 Å². The lowest BCUT2D eigenvalue weighted by atomic mass is 9.61. The van der Waals surface area contributed by atoms with E-state index in [0.717, 1.165) is 31.1 Å². The second-order valence-corrected chi connectivity index (χ2v) is 8.82. The van der Waals surface area contributed by atoms with Crippen LogP contribution in [-0.4, -0.2) is 23.2 Å². The summed E-state index contributed by atoms with van der Waals surface area (Å²) in [7, 11) is 0. The van der Waals surface area contributed by atoms with Crippen LogP contribution in [0.1, 0.15) is 30.4 Å². The topological polar surface area (TPSA) is 15.6 Å². The summed E-state index contributed by atoms with van der Waals surface area (Å²) in [4.78, 5) is 8.52. The molecule has 0 atom stereocenters. The van der Waals surface area contributed by atoms with E-state index in [9.17, 15) is 0 Å². The fourth-order valence-electron chi connectivity index (χ4n) is 4.23. The Morgan fingerprint density at radius 1 is 1.00 bits per heavy atom. The molecule has 0 N–H and O–H groups in total. The SMILES string of the molecule is Clc1ccc(C2(C3=C(c4ccccc4)SC4=NCCN43)CCC2)cc1Cl. The average molecular weight is 401 g/mol. The second-order valence-electron chi connectivity index (χ2n) is 7.03. The number of amidine groups is 1. The Hall–Kier alpha value is -1.42. The molecule has 2 nitrogen and oxygen atoms in total. The molecule has 0 radical (unpaired) electrons. The Kier molecular flexibility index (Phi) is 4.07. The highest BCUT2D eigenvalue weighted by Crippen LogP contribution is 2.58. The van der Waals surface area contributed by atoms with Crippen LogP contribution >= 0.6 is 35.0 Å². The summed E-state index contributed by atoms with van der Waals surface area (Å²) in [6, 6.07) is 16.8. The molecule has 0 unspecified atom stereocenters. The zero-order valence-corrected chi connectivity index (χ0v) is 16.5. The van der Waals surface area contributed by atoms with Gasteiger partial charge in [-0.1, -0.05) is 66.0 Å². The highest BCUT2D eigenvalue weighted by atomic mass is 35.5. The molecule has 1 saturated carbocycles. The quantitative estimate of drug-likeness (QED) is 0.608. The predicted molar refractivity (Wildman–Crippen MR) is 112 cm³/mol. The van der Waals surface area contributed by atoms with Crippen LogP contribution < -0.4 is 0 Å². The number of rotatable bonds is 3. The Morgan fingerprint density at radius 3 is 2.50 bits per heavy atom. The zero-order valence-electron chi connectivity index (χ0n) is 14.2. The molecular formula is C21H18Cl2N2S. The molecule has 132 valence electrons. The smallest absolute Gasteiger partial charge is 0.168 e. The number of benzene rings is 2. The largest absolute Gasteiger partial charge is 0.321 e. The van der Waals surface area contributed by atoms with Gasteiger partial charge in [0.1, 0.15) is 0 Å². The number of nitrogens with zero attached hydrogens (tertiary/aromatic N) is 2. The van der Waals surface area contributed by atoms with Gasteiger partial charge in [0.05, 0.1) is 16.6 Å². The normalized spacial score (nSPS) is 20.8. The van der Waals surface area contributed by atoms with Crippen molar-refractivity contribution >= 4 is 45.0 Å². The molecular weight excluding hydrogens is 383 g/mol. The van der Waals surface area contributed by atoms with E-state index in [1.807, 2.05) is 17.8 Å². The lowest BCUT2D eigenvalue weighted by Gasteiger charge is -2.46. The third-order valence-electron chi connectivity index (χ3n) is 5.65. The van der Waals surface area contributed by atoms with E-state index in [1.165, 1.54) is 28.1 Å². The standard InChI is InChI=1S/C21H18Cl2N2S/c22-16-8-7-15(13-17(16)23)21(9-4-10-21)19-18(14-5-2-1-3-6-14)26-20-24-11-12-25(19)20/h1-3,5-8,13H,4,9-12H2.